The van der Waals surface area contributed by atoms with Crippen molar-refractivity contribution in [2.75, 3.05) is 12.4 Å². The molecule has 0 radical (unpaired) electrons. The van der Waals surface area contributed by atoms with Gasteiger partial charge in [-0.25, -0.2) is 4.79 Å². The number of hydrogen-bond acceptors (Lipinski definition) is 9. The minimum absolute atomic E-state index is 0.168. The summed E-state index contributed by atoms with van der Waals surface area (Å²) in [6.45, 7) is 4.02. The number of carbonyl (C=O) groups is 4. The molecule has 2 aliphatic rings. The second-order valence-corrected chi connectivity index (χ2v) is 7.48. The van der Waals surface area contributed by atoms with Gasteiger partial charge in [-0.3, -0.25) is 19.3 Å². The average molecular weight is 413 g/mol. The van der Waals surface area contributed by atoms with Crippen LogP contribution in [0.25, 0.3) is 0 Å². The van der Waals surface area contributed by atoms with E-state index in [2.05, 4.69) is 10.5 Å². The van der Waals surface area contributed by atoms with E-state index < -0.39 is 52.5 Å². The minimum Gasteiger partial charge on any atom is -0.509 e. The van der Waals surface area contributed by atoms with Crippen molar-refractivity contribution in [2.45, 2.75) is 32.2 Å². The van der Waals surface area contributed by atoms with Crippen LogP contribution in [0.5, 0.6) is 0 Å². The molecule has 2 aliphatic heterocycles. The SMILES string of the molecule is CC(=O)OCC1=C(C(=O)O)N2C(=O)[C@@H](NC(=O)C(N=O)=C(O)C(C)C)[C@@H]2SC1. The Morgan fingerprint density at radius 3 is 2.50 bits per heavy atom. The van der Waals surface area contributed by atoms with Crippen LogP contribution in [0.15, 0.2) is 27.9 Å². The van der Waals surface area contributed by atoms with Crippen molar-refractivity contribution in [2.24, 2.45) is 11.1 Å². The smallest absolute Gasteiger partial charge is 0.352 e. The number of aliphatic hydroxyl groups excluding tert-OH is 1. The fourth-order valence-corrected chi connectivity index (χ4v) is 4.00. The van der Waals surface area contributed by atoms with Crippen LogP contribution in [0, 0.1) is 10.8 Å². The van der Waals surface area contributed by atoms with Crippen molar-refractivity contribution in [3.8, 4) is 0 Å². The number of thioether (sulfide) groups is 1. The van der Waals surface area contributed by atoms with E-state index in [1.807, 2.05) is 0 Å². The lowest BCUT2D eigenvalue weighted by atomic mass is 10.0. The first-order chi connectivity index (χ1) is 13.1. The van der Waals surface area contributed by atoms with Gasteiger partial charge >= 0.3 is 11.9 Å². The molecule has 0 aromatic carbocycles. The number of hydrogen-bond donors (Lipinski definition) is 3. The van der Waals surface area contributed by atoms with Crippen LogP contribution in [-0.2, 0) is 23.9 Å². The maximum Gasteiger partial charge on any atom is 0.352 e. The van der Waals surface area contributed by atoms with E-state index in [1.54, 1.807) is 13.8 Å². The summed E-state index contributed by atoms with van der Waals surface area (Å²) in [6, 6.07) is -1.08. The molecule has 0 spiro atoms. The van der Waals surface area contributed by atoms with Crippen molar-refractivity contribution in [3.05, 3.63) is 27.6 Å². The number of aliphatic carboxylic acids is 1. The fourth-order valence-electron chi connectivity index (χ4n) is 2.67. The van der Waals surface area contributed by atoms with Crippen LogP contribution in [0.2, 0.25) is 0 Å². The van der Waals surface area contributed by atoms with Gasteiger partial charge in [0.1, 0.15) is 29.5 Å². The first kappa shape index (κ1) is 21.4. The molecule has 2 heterocycles. The second-order valence-electron chi connectivity index (χ2n) is 6.38. The Morgan fingerprint density at radius 2 is 2.00 bits per heavy atom. The summed E-state index contributed by atoms with van der Waals surface area (Å²) in [5.41, 5.74) is -0.768. The summed E-state index contributed by atoms with van der Waals surface area (Å²) in [4.78, 5) is 59.1. The highest BCUT2D eigenvalue weighted by molar-refractivity contribution is 8.00. The molecular formula is C16H19N3O8S. The highest BCUT2D eigenvalue weighted by Crippen LogP contribution is 2.40. The zero-order valence-electron chi connectivity index (χ0n) is 15.3. The van der Waals surface area contributed by atoms with E-state index in [4.69, 9.17) is 4.74 Å². The number of carbonyl (C=O) groups excluding carboxylic acids is 3. The normalized spacial score (nSPS) is 22.1. The minimum atomic E-state index is -1.36. The Bertz CT molecular complexity index is 804. The molecule has 0 aromatic rings. The van der Waals surface area contributed by atoms with Crippen LogP contribution in [0.1, 0.15) is 20.8 Å². The molecule has 2 amide bonds. The van der Waals surface area contributed by atoms with E-state index in [-0.39, 0.29) is 23.6 Å². The largest absolute Gasteiger partial charge is 0.509 e. The molecule has 3 N–H and O–H groups in total. The number of rotatable bonds is 7. The second kappa shape index (κ2) is 8.42. The van der Waals surface area contributed by atoms with E-state index in [0.717, 1.165) is 4.90 Å². The van der Waals surface area contributed by atoms with Gasteiger partial charge in [-0.2, -0.15) is 0 Å². The highest BCUT2D eigenvalue weighted by Gasteiger charge is 2.54. The summed E-state index contributed by atoms with van der Waals surface area (Å²) in [6.07, 6.45) is 0. The van der Waals surface area contributed by atoms with Crippen LogP contribution in [-0.4, -0.2) is 62.6 Å². The predicted octanol–water partition coefficient (Wildman–Crippen LogP) is 0.480. The number of carboxylic acids is 1. The number of allylic oxidation sites excluding steroid dienone is 1. The van der Waals surface area contributed by atoms with Gasteiger partial charge in [-0.1, -0.05) is 13.8 Å². The number of carboxylic acid groups (broad SMARTS) is 1. The van der Waals surface area contributed by atoms with Crippen molar-refractivity contribution < 1.29 is 34.1 Å². The van der Waals surface area contributed by atoms with E-state index >= 15 is 0 Å². The van der Waals surface area contributed by atoms with Gasteiger partial charge < -0.3 is 20.3 Å². The van der Waals surface area contributed by atoms with Gasteiger partial charge in [0.15, 0.2) is 0 Å². The Morgan fingerprint density at radius 1 is 1.36 bits per heavy atom. The number of β-lactam (4-membered cyclic amide) rings is 1. The van der Waals surface area contributed by atoms with Crippen LogP contribution >= 0.6 is 11.8 Å². The third-order valence-electron chi connectivity index (χ3n) is 4.08. The predicted molar refractivity (Wildman–Crippen MR) is 96.6 cm³/mol. The molecular weight excluding hydrogens is 394 g/mol. The van der Waals surface area contributed by atoms with Crippen LogP contribution in [0.3, 0.4) is 0 Å². The Balaban J connectivity index is 2.21. The molecule has 0 aliphatic carbocycles. The van der Waals surface area contributed by atoms with Gasteiger partial charge in [0.05, 0.1) is 0 Å². The molecule has 28 heavy (non-hydrogen) atoms. The number of nitrogens with one attached hydrogen (secondary N) is 1. The molecule has 2 atom stereocenters. The zero-order chi connectivity index (χ0) is 21.2. The van der Waals surface area contributed by atoms with Gasteiger partial charge in [0.2, 0.25) is 5.70 Å². The zero-order valence-corrected chi connectivity index (χ0v) is 16.1. The van der Waals surface area contributed by atoms with Gasteiger partial charge in [0, 0.05) is 24.2 Å². The lowest BCUT2D eigenvalue weighted by Gasteiger charge is -2.49. The number of aliphatic hydroxyl groups is 1. The monoisotopic (exact) mass is 413 g/mol. The molecule has 1 saturated heterocycles. The summed E-state index contributed by atoms with van der Waals surface area (Å²) in [7, 11) is 0. The number of ether oxygens (including phenoxy) is 1. The lowest BCUT2D eigenvalue weighted by Crippen LogP contribution is -2.70. The fraction of sp³-hybridized carbons (Fsp3) is 0.500. The molecule has 11 nitrogen and oxygen atoms in total. The maximum absolute atomic E-state index is 12.5. The Labute approximate surface area is 163 Å². The molecule has 152 valence electrons. The molecule has 0 unspecified atom stereocenters. The first-order valence-corrected chi connectivity index (χ1v) is 9.25. The van der Waals surface area contributed by atoms with E-state index in [9.17, 15) is 34.3 Å². The van der Waals surface area contributed by atoms with E-state index in [0.29, 0.717) is 0 Å². The van der Waals surface area contributed by atoms with Crippen LogP contribution < -0.4 is 5.32 Å². The molecule has 1 fully saturated rings. The molecule has 2 rings (SSSR count). The number of nitroso groups, excluding NO2 is 1. The van der Waals surface area contributed by atoms with E-state index in [1.165, 1.54) is 18.7 Å². The van der Waals surface area contributed by atoms with Crippen molar-refractivity contribution in [1.29, 1.82) is 0 Å². The Hall–Kier alpha value is -2.89. The number of esters is 1. The summed E-state index contributed by atoms with van der Waals surface area (Å²) in [5.74, 6) is -4.54. The Kier molecular flexibility index (Phi) is 6.44. The van der Waals surface area contributed by atoms with Crippen molar-refractivity contribution in [1.82, 2.24) is 10.2 Å². The molecule has 0 saturated carbocycles. The third kappa shape index (κ3) is 4.01. The lowest BCUT2D eigenvalue weighted by molar-refractivity contribution is -0.150. The van der Waals surface area contributed by atoms with Crippen molar-refractivity contribution >= 4 is 35.5 Å². The highest BCUT2D eigenvalue weighted by atomic mass is 32.2. The summed E-state index contributed by atoms with van der Waals surface area (Å²) in [5, 5.41) is 23.4. The van der Waals surface area contributed by atoms with Gasteiger partial charge in [0.25, 0.3) is 11.8 Å². The number of nitrogens with zero attached hydrogens (tertiary/aromatic N) is 2. The molecule has 12 heteroatoms. The van der Waals surface area contributed by atoms with Crippen LogP contribution in [0.4, 0.5) is 0 Å². The topological polar surface area (TPSA) is 163 Å². The quantitative estimate of drug-likeness (QED) is 0.177. The maximum atomic E-state index is 12.5. The van der Waals surface area contributed by atoms with Gasteiger partial charge in [-0.05, 0) is 5.18 Å². The summed E-state index contributed by atoms with van der Waals surface area (Å²) >= 11 is 1.17. The standard InChI is InChI=1S/C16H19N3O8S/c1-6(2)12(21)9(18-26)13(22)17-10-14(23)19-11(16(24)25)8(4-27-7(3)20)5-28-15(10)19/h6,10,15,21H,4-5H2,1-3H3,(H,17,22)(H,24,25)/t10-,15+/m1/s1. The third-order valence-corrected chi connectivity index (χ3v) is 5.42. The number of fused-ring (bicyclic) bond motifs is 1. The summed E-state index contributed by atoms with van der Waals surface area (Å²) < 4.78 is 4.83. The van der Waals surface area contributed by atoms with Crippen molar-refractivity contribution in [3.63, 3.8) is 0 Å². The van der Waals surface area contributed by atoms with Gasteiger partial charge in [-0.15, -0.1) is 16.7 Å². The first-order valence-electron chi connectivity index (χ1n) is 8.20. The molecule has 0 aromatic heterocycles. The number of amides is 2. The molecule has 0 bridgehead atoms. The average Bonchev–Trinajstić information content (AvgIpc) is 2.63.